The average molecular weight is 479 g/mol. The van der Waals surface area contributed by atoms with E-state index in [4.69, 9.17) is 13.9 Å². The van der Waals surface area contributed by atoms with Crippen LogP contribution in [0.15, 0.2) is 80.7 Å². The van der Waals surface area contributed by atoms with E-state index in [-0.39, 0.29) is 12.0 Å². The largest absolute Gasteiger partial charge is 0.497 e. The molecule has 6 rings (SSSR count). The van der Waals surface area contributed by atoms with Crippen LogP contribution in [0, 0.1) is 6.92 Å². The Balaban J connectivity index is 1.66. The van der Waals surface area contributed by atoms with E-state index in [9.17, 15) is 14.4 Å². The van der Waals surface area contributed by atoms with Crippen molar-refractivity contribution in [3.8, 4) is 22.6 Å². The summed E-state index contributed by atoms with van der Waals surface area (Å²) in [6.07, 6.45) is 0.00928. The van der Waals surface area contributed by atoms with Crippen LogP contribution in [-0.2, 0) is 4.79 Å². The summed E-state index contributed by atoms with van der Waals surface area (Å²) in [5.74, 6) is -0.0250. The number of carbonyl (C=O) groups excluding carboxylic acids is 1. The number of rotatable bonds is 3. The maximum atomic E-state index is 13.2. The van der Waals surface area contributed by atoms with Crippen molar-refractivity contribution in [3.05, 3.63) is 104 Å². The van der Waals surface area contributed by atoms with Crippen LogP contribution in [0.5, 0.6) is 11.5 Å². The van der Waals surface area contributed by atoms with Gasteiger partial charge in [-0.05, 0) is 48.4 Å². The minimum atomic E-state index is -0.541. The second-order valence-electron chi connectivity index (χ2n) is 8.89. The molecule has 36 heavy (non-hydrogen) atoms. The maximum absolute atomic E-state index is 13.2. The second kappa shape index (κ2) is 8.23. The predicted molar refractivity (Wildman–Crippen MR) is 136 cm³/mol. The van der Waals surface area contributed by atoms with Gasteiger partial charge in [0.1, 0.15) is 17.1 Å². The molecule has 7 nitrogen and oxygen atoms in total. The fourth-order valence-corrected chi connectivity index (χ4v) is 5.10. The van der Waals surface area contributed by atoms with Gasteiger partial charge in [0.05, 0.1) is 18.9 Å². The SMILES string of the molecule is COc1ccc2[nH]c(=O)c([C@@H]3CC(=O)Oc4c3c(C)cc3oc(=O)cc(-c5ccccc5)c43)cc2c1. The van der Waals surface area contributed by atoms with Gasteiger partial charge in [0.25, 0.3) is 5.56 Å². The molecule has 0 spiro atoms. The fourth-order valence-electron chi connectivity index (χ4n) is 5.10. The van der Waals surface area contributed by atoms with Gasteiger partial charge in [-0.15, -0.1) is 0 Å². The number of methoxy groups -OCH3 is 1. The van der Waals surface area contributed by atoms with E-state index in [1.165, 1.54) is 6.07 Å². The summed E-state index contributed by atoms with van der Waals surface area (Å²) in [7, 11) is 1.58. The van der Waals surface area contributed by atoms with Crippen molar-refractivity contribution in [2.75, 3.05) is 7.11 Å². The summed E-state index contributed by atoms with van der Waals surface area (Å²) in [6, 6.07) is 19.8. The quantitative estimate of drug-likeness (QED) is 0.221. The number of aromatic amines is 1. The molecule has 0 unspecified atom stereocenters. The molecule has 0 aliphatic carbocycles. The maximum Gasteiger partial charge on any atom is 0.336 e. The van der Waals surface area contributed by atoms with Crippen molar-refractivity contribution in [3.63, 3.8) is 0 Å². The molecule has 7 heteroatoms. The number of pyridine rings is 1. The Hall–Kier alpha value is -4.65. The highest BCUT2D eigenvalue weighted by Crippen LogP contribution is 2.46. The Morgan fingerprint density at radius 3 is 2.56 bits per heavy atom. The van der Waals surface area contributed by atoms with Crippen molar-refractivity contribution in [1.29, 1.82) is 0 Å². The monoisotopic (exact) mass is 479 g/mol. The molecule has 0 saturated carbocycles. The van der Waals surface area contributed by atoms with Gasteiger partial charge < -0.3 is 18.9 Å². The Bertz CT molecular complexity index is 1800. The predicted octanol–water partition coefficient (Wildman–Crippen LogP) is 5.06. The number of fused-ring (bicyclic) bond motifs is 4. The lowest BCUT2D eigenvalue weighted by Gasteiger charge is -2.28. The van der Waals surface area contributed by atoms with Crippen LogP contribution in [0.2, 0.25) is 0 Å². The number of hydrogen-bond donors (Lipinski definition) is 1. The fraction of sp³-hybridized carbons (Fsp3) is 0.138. The molecule has 1 atom stereocenters. The molecule has 0 bridgehead atoms. The molecule has 1 N–H and O–H groups in total. The highest BCUT2D eigenvalue weighted by Gasteiger charge is 2.34. The first-order valence-electron chi connectivity index (χ1n) is 11.5. The number of esters is 1. The Morgan fingerprint density at radius 2 is 1.78 bits per heavy atom. The van der Waals surface area contributed by atoms with Gasteiger partial charge in [0.2, 0.25) is 0 Å². The van der Waals surface area contributed by atoms with Crippen molar-refractivity contribution in [2.24, 2.45) is 0 Å². The Labute approximate surface area is 204 Å². The third kappa shape index (κ3) is 3.48. The molecule has 0 saturated heterocycles. The average Bonchev–Trinajstić information content (AvgIpc) is 2.87. The molecule has 3 aromatic carbocycles. The first-order valence-corrected chi connectivity index (χ1v) is 11.5. The second-order valence-corrected chi connectivity index (χ2v) is 8.89. The van der Waals surface area contributed by atoms with E-state index < -0.39 is 17.5 Å². The molecule has 0 amide bonds. The highest BCUT2D eigenvalue weighted by molar-refractivity contribution is 6.01. The van der Waals surface area contributed by atoms with E-state index in [2.05, 4.69) is 4.98 Å². The molecule has 1 aliphatic rings. The molecule has 5 aromatic rings. The van der Waals surface area contributed by atoms with Gasteiger partial charge in [0, 0.05) is 39.6 Å². The van der Waals surface area contributed by atoms with E-state index in [0.29, 0.717) is 39.1 Å². The first-order chi connectivity index (χ1) is 17.4. The number of ether oxygens (including phenoxy) is 2. The molecule has 2 aromatic heterocycles. The highest BCUT2D eigenvalue weighted by atomic mass is 16.5. The molecule has 1 aliphatic heterocycles. The van der Waals surface area contributed by atoms with Crippen LogP contribution in [-0.4, -0.2) is 18.1 Å². The minimum absolute atomic E-state index is 0.00928. The Morgan fingerprint density at radius 1 is 0.972 bits per heavy atom. The van der Waals surface area contributed by atoms with Crippen LogP contribution >= 0.6 is 0 Å². The van der Waals surface area contributed by atoms with Crippen LogP contribution in [0.3, 0.4) is 0 Å². The summed E-state index contributed by atoms with van der Waals surface area (Å²) < 4.78 is 16.7. The summed E-state index contributed by atoms with van der Waals surface area (Å²) >= 11 is 0. The molecular weight excluding hydrogens is 458 g/mol. The number of nitrogens with one attached hydrogen (secondary N) is 1. The van der Waals surface area contributed by atoms with Gasteiger partial charge in [-0.3, -0.25) is 9.59 Å². The normalized spacial score (nSPS) is 15.1. The summed E-state index contributed by atoms with van der Waals surface area (Å²) in [5.41, 5.74) is 3.54. The number of aromatic nitrogens is 1. The van der Waals surface area contributed by atoms with Gasteiger partial charge in [-0.25, -0.2) is 4.79 Å². The number of aryl methyl sites for hydroxylation is 1. The zero-order chi connectivity index (χ0) is 25.0. The number of hydrogen-bond acceptors (Lipinski definition) is 6. The summed E-state index contributed by atoms with van der Waals surface area (Å²) in [6.45, 7) is 1.86. The number of carbonyl (C=O) groups is 1. The topological polar surface area (TPSA) is 98.6 Å². The zero-order valence-corrected chi connectivity index (χ0v) is 19.6. The van der Waals surface area contributed by atoms with E-state index in [1.54, 1.807) is 31.4 Å². The van der Waals surface area contributed by atoms with Gasteiger partial charge in [-0.2, -0.15) is 0 Å². The van der Waals surface area contributed by atoms with Gasteiger partial charge >= 0.3 is 11.6 Å². The Kier molecular flexibility index (Phi) is 5.00. The lowest BCUT2D eigenvalue weighted by molar-refractivity contribution is -0.135. The lowest BCUT2D eigenvalue weighted by atomic mass is 9.82. The van der Waals surface area contributed by atoms with Crippen LogP contribution in [0.25, 0.3) is 33.0 Å². The molecule has 0 fully saturated rings. The van der Waals surface area contributed by atoms with Crippen LogP contribution in [0.4, 0.5) is 0 Å². The molecule has 178 valence electrons. The van der Waals surface area contributed by atoms with Crippen molar-refractivity contribution in [1.82, 2.24) is 4.98 Å². The lowest BCUT2D eigenvalue weighted by Crippen LogP contribution is -2.26. The smallest absolute Gasteiger partial charge is 0.336 e. The summed E-state index contributed by atoms with van der Waals surface area (Å²) in [4.78, 5) is 41.4. The number of benzene rings is 3. The third-order valence-corrected chi connectivity index (χ3v) is 6.71. The van der Waals surface area contributed by atoms with E-state index in [0.717, 1.165) is 22.1 Å². The minimum Gasteiger partial charge on any atom is -0.497 e. The van der Waals surface area contributed by atoms with Crippen LogP contribution in [0.1, 0.15) is 29.0 Å². The van der Waals surface area contributed by atoms with Gasteiger partial charge in [-0.1, -0.05) is 30.3 Å². The third-order valence-electron chi connectivity index (χ3n) is 6.71. The van der Waals surface area contributed by atoms with Gasteiger partial charge in [0.15, 0.2) is 0 Å². The van der Waals surface area contributed by atoms with Crippen molar-refractivity contribution >= 4 is 27.8 Å². The zero-order valence-electron chi connectivity index (χ0n) is 19.6. The van der Waals surface area contributed by atoms with Crippen LogP contribution < -0.4 is 20.7 Å². The summed E-state index contributed by atoms with van der Waals surface area (Å²) in [5, 5.41) is 1.32. The first kappa shape index (κ1) is 21.9. The molecular formula is C29H21NO6. The number of H-pyrrole nitrogens is 1. The van der Waals surface area contributed by atoms with E-state index in [1.807, 2.05) is 43.3 Å². The standard InChI is InChI=1S/C29H21NO6/c1-15-10-23-27(19(13-24(31)35-23)16-6-4-3-5-7-16)28-26(15)20(14-25(32)36-28)21-12-17-11-18(34-2)8-9-22(17)30-29(21)33/h3-13,20H,14H2,1-2H3,(H,30,33)/t20-/m0/s1. The van der Waals surface area contributed by atoms with Crippen molar-refractivity contribution in [2.45, 2.75) is 19.3 Å². The van der Waals surface area contributed by atoms with E-state index >= 15 is 0 Å². The van der Waals surface area contributed by atoms with Crippen molar-refractivity contribution < 1.29 is 18.7 Å². The molecule has 3 heterocycles. The molecule has 0 radical (unpaired) electrons.